The van der Waals surface area contributed by atoms with E-state index in [9.17, 15) is 13.2 Å². The summed E-state index contributed by atoms with van der Waals surface area (Å²) < 4.78 is 25.6. The van der Waals surface area contributed by atoms with Gasteiger partial charge in [0.1, 0.15) is 0 Å². The van der Waals surface area contributed by atoms with Crippen molar-refractivity contribution >= 4 is 38.9 Å². The largest absolute Gasteiger partial charge is 0.326 e. The van der Waals surface area contributed by atoms with Crippen molar-refractivity contribution in [2.75, 3.05) is 22.4 Å². The molecular formula is C23H24ClN3O3S. The maximum absolute atomic E-state index is 12.3. The van der Waals surface area contributed by atoms with Gasteiger partial charge in [-0.1, -0.05) is 29.8 Å². The number of nitrogens with one attached hydrogen (secondary N) is 1. The van der Waals surface area contributed by atoms with Crippen molar-refractivity contribution in [1.29, 1.82) is 0 Å². The zero-order chi connectivity index (χ0) is 22.3. The summed E-state index contributed by atoms with van der Waals surface area (Å²) in [4.78, 5) is 16.3. The molecule has 3 rings (SSSR count). The topological polar surface area (TPSA) is 79.4 Å². The molecule has 162 valence electrons. The molecule has 0 radical (unpaired) electrons. The van der Waals surface area contributed by atoms with E-state index in [0.29, 0.717) is 22.8 Å². The fraction of sp³-hybridized carbons (Fsp3) is 0.217. The van der Waals surface area contributed by atoms with Crippen molar-refractivity contribution in [2.45, 2.75) is 19.3 Å². The molecule has 1 amide bonds. The number of carbonyl (C=O) groups is 1. The summed E-state index contributed by atoms with van der Waals surface area (Å²) in [6.07, 6.45) is 6.04. The van der Waals surface area contributed by atoms with E-state index in [1.54, 1.807) is 36.7 Å². The standard InChI is InChI=1S/C23H24ClN3O3S/c1-31(29,30)27(22-5-2-4-20(24)17-22)15-3-6-23(28)26-21-9-7-18(8-10-21)16-19-11-13-25-14-12-19/h2,4-5,7-14,17H,3,6,15-16H2,1H3,(H,26,28). The fourth-order valence-corrected chi connectivity index (χ4v) is 4.31. The molecular weight excluding hydrogens is 434 g/mol. The SMILES string of the molecule is CS(=O)(=O)N(CCCC(=O)Nc1ccc(Cc2ccncc2)cc1)c1cccc(Cl)c1. The van der Waals surface area contributed by atoms with Crippen LogP contribution in [0.3, 0.4) is 0 Å². The van der Waals surface area contributed by atoms with E-state index in [4.69, 9.17) is 11.6 Å². The molecule has 0 fully saturated rings. The number of hydrogen-bond donors (Lipinski definition) is 1. The Bertz CT molecular complexity index is 1120. The highest BCUT2D eigenvalue weighted by Crippen LogP contribution is 2.22. The Kier molecular flexibility index (Phi) is 7.65. The Morgan fingerprint density at radius 2 is 1.71 bits per heavy atom. The van der Waals surface area contributed by atoms with Gasteiger partial charge in [0.15, 0.2) is 0 Å². The minimum absolute atomic E-state index is 0.165. The number of aromatic nitrogens is 1. The Hall–Kier alpha value is -2.90. The van der Waals surface area contributed by atoms with E-state index < -0.39 is 10.0 Å². The lowest BCUT2D eigenvalue weighted by Gasteiger charge is -2.22. The molecule has 3 aromatic rings. The number of amides is 1. The van der Waals surface area contributed by atoms with Crippen LogP contribution in [0.5, 0.6) is 0 Å². The second kappa shape index (κ2) is 10.4. The fourth-order valence-electron chi connectivity index (χ4n) is 3.17. The number of anilines is 2. The van der Waals surface area contributed by atoms with E-state index in [0.717, 1.165) is 18.2 Å². The molecule has 0 aliphatic heterocycles. The average Bonchev–Trinajstić information content (AvgIpc) is 2.72. The summed E-state index contributed by atoms with van der Waals surface area (Å²) >= 11 is 5.98. The van der Waals surface area contributed by atoms with E-state index in [2.05, 4.69) is 10.3 Å². The first-order valence-corrected chi connectivity index (χ1v) is 12.0. The number of carbonyl (C=O) groups excluding carboxylic acids is 1. The molecule has 1 N–H and O–H groups in total. The third-order valence-corrected chi connectivity index (χ3v) is 6.09. The van der Waals surface area contributed by atoms with Gasteiger partial charge in [-0.15, -0.1) is 0 Å². The van der Waals surface area contributed by atoms with Crippen molar-refractivity contribution in [2.24, 2.45) is 0 Å². The van der Waals surface area contributed by atoms with E-state index in [1.165, 1.54) is 9.87 Å². The van der Waals surface area contributed by atoms with Crippen LogP contribution < -0.4 is 9.62 Å². The molecule has 0 saturated carbocycles. The summed E-state index contributed by atoms with van der Waals surface area (Å²) in [6, 6.07) is 18.3. The minimum Gasteiger partial charge on any atom is -0.326 e. The summed E-state index contributed by atoms with van der Waals surface area (Å²) in [5.74, 6) is -0.165. The molecule has 0 aliphatic rings. The lowest BCUT2D eigenvalue weighted by molar-refractivity contribution is -0.116. The van der Waals surface area contributed by atoms with Gasteiger partial charge in [-0.2, -0.15) is 0 Å². The average molecular weight is 458 g/mol. The molecule has 31 heavy (non-hydrogen) atoms. The highest BCUT2D eigenvalue weighted by Gasteiger charge is 2.18. The van der Waals surface area contributed by atoms with Crippen LogP contribution in [0, 0.1) is 0 Å². The lowest BCUT2D eigenvalue weighted by Crippen LogP contribution is -2.31. The van der Waals surface area contributed by atoms with Crippen molar-refractivity contribution in [3.8, 4) is 0 Å². The molecule has 0 unspecified atom stereocenters. The Labute approximate surface area is 187 Å². The zero-order valence-corrected chi connectivity index (χ0v) is 18.7. The predicted octanol–water partition coefficient (Wildman–Crippen LogP) is 4.51. The first kappa shape index (κ1) is 22.8. The maximum Gasteiger partial charge on any atom is 0.232 e. The molecule has 1 aromatic heterocycles. The molecule has 0 atom stereocenters. The zero-order valence-electron chi connectivity index (χ0n) is 17.2. The Morgan fingerprint density at radius 1 is 1.03 bits per heavy atom. The van der Waals surface area contributed by atoms with E-state index in [-0.39, 0.29) is 18.9 Å². The van der Waals surface area contributed by atoms with Crippen LogP contribution in [0.4, 0.5) is 11.4 Å². The number of sulfonamides is 1. The number of nitrogens with zero attached hydrogens (tertiary/aromatic N) is 2. The van der Waals surface area contributed by atoms with Crippen LogP contribution >= 0.6 is 11.6 Å². The van der Waals surface area contributed by atoms with Crippen LogP contribution in [0.1, 0.15) is 24.0 Å². The summed E-state index contributed by atoms with van der Waals surface area (Å²) in [7, 11) is -3.48. The lowest BCUT2D eigenvalue weighted by atomic mass is 10.1. The van der Waals surface area contributed by atoms with Crippen LogP contribution in [-0.2, 0) is 21.2 Å². The van der Waals surface area contributed by atoms with Crippen molar-refractivity contribution in [1.82, 2.24) is 4.98 Å². The van der Waals surface area contributed by atoms with Crippen LogP contribution in [0.2, 0.25) is 5.02 Å². The highest BCUT2D eigenvalue weighted by molar-refractivity contribution is 7.92. The molecule has 0 saturated heterocycles. The molecule has 2 aromatic carbocycles. The van der Waals surface area contributed by atoms with Gasteiger partial charge in [0.2, 0.25) is 15.9 Å². The quantitative estimate of drug-likeness (QED) is 0.512. The second-order valence-corrected chi connectivity index (χ2v) is 9.54. The number of benzene rings is 2. The van der Waals surface area contributed by atoms with Gasteiger partial charge in [0.25, 0.3) is 0 Å². The molecule has 0 aliphatic carbocycles. The summed E-state index contributed by atoms with van der Waals surface area (Å²) in [5.41, 5.74) is 3.50. The smallest absolute Gasteiger partial charge is 0.232 e. The second-order valence-electron chi connectivity index (χ2n) is 7.20. The Balaban J connectivity index is 1.52. The number of rotatable bonds is 9. The number of halogens is 1. The first-order chi connectivity index (χ1) is 14.8. The first-order valence-electron chi connectivity index (χ1n) is 9.82. The predicted molar refractivity (Wildman–Crippen MR) is 125 cm³/mol. The third kappa shape index (κ3) is 7.08. The van der Waals surface area contributed by atoms with Gasteiger partial charge in [-0.05, 0) is 66.4 Å². The van der Waals surface area contributed by atoms with Gasteiger partial charge in [0, 0.05) is 36.1 Å². The molecule has 1 heterocycles. The van der Waals surface area contributed by atoms with Crippen LogP contribution in [-0.4, -0.2) is 32.1 Å². The van der Waals surface area contributed by atoms with Crippen molar-refractivity contribution < 1.29 is 13.2 Å². The normalized spacial score (nSPS) is 11.2. The summed E-state index contributed by atoms with van der Waals surface area (Å²) in [6.45, 7) is 0.192. The summed E-state index contributed by atoms with van der Waals surface area (Å²) in [5, 5.41) is 3.31. The van der Waals surface area contributed by atoms with Gasteiger partial charge >= 0.3 is 0 Å². The third-order valence-electron chi connectivity index (χ3n) is 4.66. The van der Waals surface area contributed by atoms with Crippen LogP contribution in [0.15, 0.2) is 73.1 Å². The Morgan fingerprint density at radius 3 is 2.35 bits per heavy atom. The van der Waals surface area contributed by atoms with Crippen molar-refractivity contribution in [3.63, 3.8) is 0 Å². The van der Waals surface area contributed by atoms with Gasteiger partial charge in [-0.3, -0.25) is 14.1 Å². The highest BCUT2D eigenvalue weighted by atomic mass is 35.5. The van der Waals surface area contributed by atoms with Crippen molar-refractivity contribution in [3.05, 3.63) is 89.2 Å². The minimum atomic E-state index is -3.48. The monoisotopic (exact) mass is 457 g/mol. The maximum atomic E-state index is 12.3. The molecule has 0 bridgehead atoms. The molecule has 6 nitrogen and oxygen atoms in total. The molecule has 8 heteroatoms. The number of pyridine rings is 1. The van der Waals surface area contributed by atoms with Crippen LogP contribution in [0.25, 0.3) is 0 Å². The molecule has 0 spiro atoms. The van der Waals surface area contributed by atoms with E-state index >= 15 is 0 Å². The van der Waals surface area contributed by atoms with Gasteiger partial charge in [0.05, 0.1) is 11.9 Å². The van der Waals surface area contributed by atoms with Gasteiger partial charge < -0.3 is 5.32 Å². The number of hydrogen-bond acceptors (Lipinski definition) is 4. The van der Waals surface area contributed by atoms with Gasteiger partial charge in [-0.25, -0.2) is 8.42 Å². The van der Waals surface area contributed by atoms with E-state index in [1.807, 2.05) is 36.4 Å².